The normalized spacial score (nSPS) is 12.2. The van der Waals surface area contributed by atoms with Gasteiger partial charge >= 0.3 is 0 Å². The summed E-state index contributed by atoms with van der Waals surface area (Å²) in [5, 5.41) is 4.65. The van der Waals surface area contributed by atoms with Crippen molar-refractivity contribution in [1.29, 1.82) is 0 Å². The second-order valence-corrected chi connectivity index (χ2v) is 4.85. The standard InChI is InChI=1S/C13H8ClN5O/c14-12-11-4-19-13(15-6-17-19)9-3-8(5-20)1-2-10(9)18(11)7-16-12/h1-3,5-7H,4H2. The highest BCUT2D eigenvalue weighted by Crippen LogP contribution is 2.32. The van der Waals surface area contributed by atoms with E-state index in [-0.39, 0.29) is 0 Å². The van der Waals surface area contributed by atoms with Crippen molar-refractivity contribution in [3.8, 4) is 17.1 Å². The fraction of sp³-hybridized carbons (Fsp3) is 0.0769. The molecule has 1 aliphatic heterocycles. The molecule has 0 saturated heterocycles. The van der Waals surface area contributed by atoms with Crippen molar-refractivity contribution in [3.63, 3.8) is 0 Å². The molecule has 0 bridgehead atoms. The number of imidazole rings is 1. The average Bonchev–Trinajstić information content (AvgIpc) is 3.04. The lowest BCUT2D eigenvalue weighted by molar-refractivity contribution is 0.112. The van der Waals surface area contributed by atoms with E-state index in [1.165, 1.54) is 6.33 Å². The molecule has 7 heteroatoms. The van der Waals surface area contributed by atoms with Gasteiger partial charge in [-0.05, 0) is 18.2 Å². The molecule has 0 N–H and O–H groups in total. The van der Waals surface area contributed by atoms with E-state index >= 15 is 0 Å². The largest absolute Gasteiger partial charge is 0.299 e. The molecule has 0 radical (unpaired) electrons. The number of carbonyl (C=O) groups excluding carboxylic acids is 1. The first-order valence-corrected chi connectivity index (χ1v) is 6.35. The molecule has 0 spiro atoms. The van der Waals surface area contributed by atoms with Gasteiger partial charge < -0.3 is 0 Å². The number of halogens is 1. The van der Waals surface area contributed by atoms with Crippen LogP contribution in [0.15, 0.2) is 30.9 Å². The monoisotopic (exact) mass is 285 g/mol. The summed E-state index contributed by atoms with van der Waals surface area (Å²) in [5.74, 6) is 0.712. The SMILES string of the molecule is O=Cc1ccc2c(c1)-c1ncnn1Cc1c(Cl)ncn1-2. The van der Waals surface area contributed by atoms with Gasteiger partial charge in [-0.2, -0.15) is 5.10 Å². The van der Waals surface area contributed by atoms with E-state index in [9.17, 15) is 4.79 Å². The van der Waals surface area contributed by atoms with E-state index in [0.717, 1.165) is 23.2 Å². The molecule has 6 nitrogen and oxygen atoms in total. The maximum absolute atomic E-state index is 11.0. The Hall–Kier alpha value is -2.47. The van der Waals surface area contributed by atoms with E-state index in [1.54, 1.807) is 23.1 Å². The Morgan fingerprint density at radius 1 is 1.30 bits per heavy atom. The average molecular weight is 286 g/mol. The number of fused-ring (bicyclic) bond motifs is 5. The predicted molar refractivity (Wildman–Crippen MR) is 72.1 cm³/mol. The van der Waals surface area contributed by atoms with Crippen LogP contribution >= 0.6 is 11.6 Å². The first-order valence-electron chi connectivity index (χ1n) is 5.97. The van der Waals surface area contributed by atoms with Crippen LogP contribution in [-0.2, 0) is 6.54 Å². The molecule has 0 amide bonds. The lowest BCUT2D eigenvalue weighted by atomic mass is 10.1. The number of hydrogen-bond acceptors (Lipinski definition) is 4. The first-order chi connectivity index (χ1) is 9.78. The highest BCUT2D eigenvalue weighted by atomic mass is 35.5. The number of carbonyl (C=O) groups is 1. The van der Waals surface area contributed by atoms with Gasteiger partial charge in [0.15, 0.2) is 11.0 Å². The minimum atomic E-state index is 0.443. The maximum atomic E-state index is 11.0. The topological polar surface area (TPSA) is 65.6 Å². The van der Waals surface area contributed by atoms with Gasteiger partial charge in [-0.15, -0.1) is 0 Å². The van der Waals surface area contributed by atoms with Gasteiger partial charge in [0.2, 0.25) is 0 Å². The highest BCUT2D eigenvalue weighted by Gasteiger charge is 2.23. The van der Waals surface area contributed by atoms with Crippen LogP contribution in [-0.4, -0.2) is 30.6 Å². The fourth-order valence-electron chi connectivity index (χ4n) is 2.45. The van der Waals surface area contributed by atoms with Gasteiger partial charge in [0.1, 0.15) is 18.9 Å². The molecule has 20 heavy (non-hydrogen) atoms. The molecule has 3 heterocycles. The second kappa shape index (κ2) is 4.01. The van der Waals surface area contributed by atoms with E-state index in [0.29, 0.717) is 23.1 Å². The zero-order valence-electron chi connectivity index (χ0n) is 10.2. The number of aldehydes is 1. The van der Waals surface area contributed by atoms with Crippen LogP contribution in [0.1, 0.15) is 16.1 Å². The second-order valence-electron chi connectivity index (χ2n) is 4.49. The molecule has 2 aromatic heterocycles. The van der Waals surface area contributed by atoms with Gasteiger partial charge in [0.25, 0.3) is 0 Å². The summed E-state index contributed by atoms with van der Waals surface area (Å²) in [6.07, 6.45) is 3.98. The van der Waals surface area contributed by atoms with Crippen molar-refractivity contribution in [3.05, 3.63) is 47.3 Å². The third kappa shape index (κ3) is 1.45. The number of benzene rings is 1. The van der Waals surface area contributed by atoms with Crippen molar-refractivity contribution in [2.75, 3.05) is 0 Å². The summed E-state index contributed by atoms with van der Waals surface area (Å²) in [6, 6.07) is 5.42. The van der Waals surface area contributed by atoms with Gasteiger partial charge in [0.05, 0.1) is 17.9 Å². The molecular formula is C13H8ClN5O. The smallest absolute Gasteiger partial charge is 0.160 e. The van der Waals surface area contributed by atoms with Crippen LogP contribution < -0.4 is 0 Å². The van der Waals surface area contributed by atoms with Crippen LogP contribution in [0.3, 0.4) is 0 Å². The molecule has 0 aliphatic carbocycles. The third-order valence-corrected chi connectivity index (χ3v) is 3.70. The first kappa shape index (κ1) is 11.4. The van der Waals surface area contributed by atoms with E-state index in [1.807, 2.05) is 10.6 Å². The quantitative estimate of drug-likeness (QED) is 0.502. The van der Waals surface area contributed by atoms with Crippen LogP contribution in [0.2, 0.25) is 5.15 Å². The van der Waals surface area contributed by atoms with Crippen molar-refractivity contribution in [1.82, 2.24) is 24.3 Å². The summed E-state index contributed by atoms with van der Waals surface area (Å²) in [4.78, 5) is 19.4. The van der Waals surface area contributed by atoms with E-state index in [2.05, 4.69) is 15.1 Å². The van der Waals surface area contributed by atoms with Gasteiger partial charge in [-0.25, -0.2) is 14.6 Å². The van der Waals surface area contributed by atoms with Crippen molar-refractivity contribution < 1.29 is 4.79 Å². The molecule has 3 aromatic rings. The summed E-state index contributed by atoms with van der Waals surface area (Å²) in [7, 11) is 0. The zero-order chi connectivity index (χ0) is 13.7. The lowest BCUT2D eigenvalue weighted by Crippen LogP contribution is -2.04. The Morgan fingerprint density at radius 3 is 3.05 bits per heavy atom. The van der Waals surface area contributed by atoms with Crippen LogP contribution in [0.25, 0.3) is 17.1 Å². The Bertz CT molecular complexity index is 835. The number of rotatable bonds is 1. The molecule has 0 fully saturated rings. The predicted octanol–water partition coefficient (Wildman–Crippen LogP) is 1.96. The molecule has 1 aromatic carbocycles. The molecule has 0 atom stereocenters. The van der Waals surface area contributed by atoms with Crippen LogP contribution in [0, 0.1) is 0 Å². The van der Waals surface area contributed by atoms with Crippen LogP contribution in [0.5, 0.6) is 0 Å². The third-order valence-electron chi connectivity index (χ3n) is 3.39. The Balaban J connectivity index is 2.11. The molecule has 0 saturated carbocycles. The minimum Gasteiger partial charge on any atom is -0.299 e. The van der Waals surface area contributed by atoms with Crippen molar-refractivity contribution >= 4 is 17.9 Å². The fourth-order valence-corrected chi connectivity index (χ4v) is 2.64. The minimum absolute atomic E-state index is 0.443. The lowest BCUT2D eigenvalue weighted by Gasteiger charge is -2.08. The summed E-state index contributed by atoms with van der Waals surface area (Å²) in [5.41, 5.74) is 3.15. The number of aromatic nitrogens is 5. The van der Waals surface area contributed by atoms with Gasteiger partial charge in [-0.3, -0.25) is 9.36 Å². The Labute approximate surface area is 118 Å². The molecule has 0 unspecified atom stereocenters. The van der Waals surface area contributed by atoms with Gasteiger partial charge in [-0.1, -0.05) is 11.6 Å². The summed E-state index contributed by atoms with van der Waals surface area (Å²) < 4.78 is 3.66. The molecular weight excluding hydrogens is 278 g/mol. The Morgan fingerprint density at radius 2 is 2.20 bits per heavy atom. The zero-order valence-corrected chi connectivity index (χ0v) is 10.9. The Kier molecular flexibility index (Phi) is 2.28. The van der Waals surface area contributed by atoms with Crippen molar-refractivity contribution in [2.45, 2.75) is 6.54 Å². The highest BCUT2D eigenvalue weighted by molar-refractivity contribution is 6.30. The molecule has 98 valence electrons. The van der Waals surface area contributed by atoms with E-state index < -0.39 is 0 Å². The van der Waals surface area contributed by atoms with Crippen molar-refractivity contribution in [2.24, 2.45) is 0 Å². The molecule has 4 rings (SSSR count). The number of hydrogen-bond donors (Lipinski definition) is 0. The van der Waals surface area contributed by atoms with E-state index in [4.69, 9.17) is 11.6 Å². The summed E-state index contributed by atoms with van der Waals surface area (Å²) >= 11 is 6.14. The number of nitrogens with zero attached hydrogens (tertiary/aromatic N) is 5. The maximum Gasteiger partial charge on any atom is 0.160 e. The van der Waals surface area contributed by atoms with Crippen LogP contribution in [0.4, 0.5) is 0 Å². The van der Waals surface area contributed by atoms with Gasteiger partial charge in [0, 0.05) is 11.1 Å². The molecule has 1 aliphatic rings. The summed E-state index contributed by atoms with van der Waals surface area (Å²) in [6.45, 7) is 0.485.